The molecule has 0 bridgehead atoms. The van der Waals surface area contributed by atoms with Gasteiger partial charge in [0.2, 0.25) is 0 Å². The van der Waals surface area contributed by atoms with Crippen molar-refractivity contribution in [1.29, 1.82) is 0 Å². The monoisotopic (exact) mass is 382 g/mol. The molecule has 1 saturated heterocycles. The minimum absolute atomic E-state index is 0. The van der Waals surface area contributed by atoms with E-state index in [0.29, 0.717) is 5.58 Å². The van der Waals surface area contributed by atoms with Gasteiger partial charge in [0.1, 0.15) is 5.82 Å². The lowest BCUT2D eigenvalue weighted by atomic mass is 9.95. The summed E-state index contributed by atoms with van der Waals surface area (Å²) in [5, 5.41) is 8.65. The van der Waals surface area contributed by atoms with Gasteiger partial charge in [0.15, 0.2) is 11.4 Å². The Kier molecular flexibility index (Phi) is 6.73. The van der Waals surface area contributed by atoms with Crippen molar-refractivity contribution >= 4 is 29.2 Å². The first-order valence-corrected chi connectivity index (χ1v) is 9.55. The van der Waals surface area contributed by atoms with Crippen LogP contribution in [0.3, 0.4) is 0 Å². The van der Waals surface area contributed by atoms with E-state index in [1.165, 1.54) is 44.2 Å². The molecular weight excluding hydrogens is 355 g/mol. The van der Waals surface area contributed by atoms with Crippen LogP contribution >= 0.6 is 12.4 Å². The highest BCUT2D eigenvalue weighted by Crippen LogP contribution is 2.27. The van der Waals surface area contributed by atoms with Gasteiger partial charge in [-0.3, -0.25) is 4.90 Å². The van der Waals surface area contributed by atoms with Gasteiger partial charge >= 0.3 is 0 Å². The third-order valence-corrected chi connectivity index (χ3v) is 5.55. The molecule has 0 spiro atoms. The molecule has 1 saturated carbocycles. The first-order chi connectivity index (χ1) is 12.3. The molecule has 0 atom stereocenters. The van der Waals surface area contributed by atoms with Crippen LogP contribution in [0, 0.1) is 5.82 Å². The van der Waals surface area contributed by atoms with Gasteiger partial charge < -0.3 is 14.7 Å². The summed E-state index contributed by atoms with van der Waals surface area (Å²) < 4.78 is 18.8. The summed E-state index contributed by atoms with van der Waals surface area (Å²) in [7, 11) is 0. The number of anilines is 1. The minimum Gasteiger partial charge on any atom is -0.354 e. The molecule has 2 fully saturated rings. The number of hydrogen-bond acceptors (Lipinski definition) is 5. The second-order valence-electron chi connectivity index (χ2n) is 7.26. The molecule has 0 unspecified atom stereocenters. The molecule has 1 aliphatic heterocycles. The number of aromatic nitrogens is 1. The Bertz CT molecular complexity index is 696. The number of benzene rings is 1. The molecule has 5 nitrogen and oxygen atoms in total. The molecule has 26 heavy (non-hydrogen) atoms. The van der Waals surface area contributed by atoms with Gasteiger partial charge in [0.25, 0.3) is 0 Å². The van der Waals surface area contributed by atoms with Crippen molar-refractivity contribution in [1.82, 2.24) is 15.4 Å². The van der Waals surface area contributed by atoms with Crippen LogP contribution in [0.5, 0.6) is 0 Å². The number of piperazine rings is 1. The smallest absolute Gasteiger partial charge is 0.180 e. The Morgan fingerprint density at radius 2 is 1.88 bits per heavy atom. The van der Waals surface area contributed by atoms with Crippen molar-refractivity contribution in [2.75, 3.05) is 44.2 Å². The fourth-order valence-corrected chi connectivity index (χ4v) is 4.04. The molecule has 7 heteroatoms. The second-order valence-corrected chi connectivity index (χ2v) is 7.26. The molecule has 2 aliphatic rings. The van der Waals surface area contributed by atoms with Crippen LogP contribution < -0.4 is 10.2 Å². The van der Waals surface area contributed by atoms with Gasteiger partial charge in [-0.15, -0.1) is 12.4 Å². The quantitative estimate of drug-likeness (QED) is 0.858. The lowest BCUT2D eigenvalue weighted by molar-refractivity contribution is 0.247. The van der Waals surface area contributed by atoms with Crippen molar-refractivity contribution in [3.63, 3.8) is 0 Å². The highest BCUT2D eigenvalue weighted by Gasteiger charge is 2.22. The zero-order valence-electron chi connectivity index (χ0n) is 15.1. The molecule has 1 N–H and O–H groups in total. The van der Waals surface area contributed by atoms with Crippen LogP contribution in [0.15, 0.2) is 22.7 Å². The van der Waals surface area contributed by atoms with Crippen molar-refractivity contribution in [3.05, 3.63) is 24.0 Å². The molecule has 2 heterocycles. The molecule has 2 aromatic rings. The van der Waals surface area contributed by atoms with E-state index in [4.69, 9.17) is 4.52 Å². The second kappa shape index (κ2) is 9.02. The fourth-order valence-electron chi connectivity index (χ4n) is 4.04. The van der Waals surface area contributed by atoms with Gasteiger partial charge in [-0.05, 0) is 31.0 Å². The number of nitrogens with zero attached hydrogens (tertiary/aromatic N) is 3. The molecule has 1 aromatic carbocycles. The Hall–Kier alpha value is -1.37. The molecule has 0 amide bonds. The highest BCUT2D eigenvalue weighted by molar-refractivity contribution is 5.88. The van der Waals surface area contributed by atoms with Crippen molar-refractivity contribution in [2.24, 2.45) is 0 Å². The van der Waals surface area contributed by atoms with Crippen LogP contribution in [-0.4, -0.2) is 55.4 Å². The van der Waals surface area contributed by atoms with E-state index in [2.05, 4.69) is 20.3 Å². The molecule has 0 radical (unpaired) electrons. The zero-order valence-corrected chi connectivity index (χ0v) is 15.9. The number of fused-ring (bicyclic) bond motifs is 1. The van der Waals surface area contributed by atoms with E-state index in [0.717, 1.165) is 56.5 Å². The Labute approximate surface area is 160 Å². The predicted molar refractivity (Wildman–Crippen MR) is 105 cm³/mol. The number of rotatable bonds is 5. The van der Waals surface area contributed by atoms with Gasteiger partial charge in [-0.1, -0.05) is 24.4 Å². The number of hydrogen-bond donors (Lipinski definition) is 1. The lowest BCUT2D eigenvalue weighted by Gasteiger charge is -2.35. The van der Waals surface area contributed by atoms with Crippen LogP contribution in [0.1, 0.15) is 32.1 Å². The summed E-state index contributed by atoms with van der Waals surface area (Å²) in [6.07, 6.45) is 6.83. The normalized spacial score (nSPS) is 19.7. The third-order valence-electron chi connectivity index (χ3n) is 5.55. The van der Waals surface area contributed by atoms with Crippen molar-refractivity contribution in [2.45, 2.75) is 38.1 Å². The van der Waals surface area contributed by atoms with Gasteiger partial charge in [0, 0.05) is 45.3 Å². The van der Waals surface area contributed by atoms with E-state index in [1.54, 1.807) is 6.07 Å². The maximum atomic E-state index is 13.5. The molecule has 1 aliphatic carbocycles. The summed E-state index contributed by atoms with van der Waals surface area (Å²) in [6, 6.07) is 5.30. The largest absolute Gasteiger partial charge is 0.354 e. The minimum atomic E-state index is -0.246. The Morgan fingerprint density at radius 3 is 2.65 bits per heavy atom. The van der Waals surface area contributed by atoms with E-state index in [1.807, 2.05) is 0 Å². The van der Waals surface area contributed by atoms with Crippen LogP contribution in [0.2, 0.25) is 0 Å². The number of halogens is 2. The molecular formula is C19H28ClFN4O. The van der Waals surface area contributed by atoms with Gasteiger partial charge in [-0.25, -0.2) is 4.39 Å². The van der Waals surface area contributed by atoms with Gasteiger partial charge in [0.05, 0.1) is 5.39 Å². The SMILES string of the molecule is Cl.Fc1ccc2onc(N3CCN(CCNC4CCCCC4)CC3)c2c1. The zero-order chi connectivity index (χ0) is 17.1. The summed E-state index contributed by atoms with van der Waals surface area (Å²) in [6.45, 7) is 6.00. The maximum absolute atomic E-state index is 13.5. The first kappa shape index (κ1) is 19.4. The Morgan fingerprint density at radius 1 is 1.12 bits per heavy atom. The van der Waals surface area contributed by atoms with Crippen LogP contribution in [0.25, 0.3) is 11.0 Å². The predicted octanol–water partition coefficient (Wildman–Crippen LogP) is 3.43. The maximum Gasteiger partial charge on any atom is 0.180 e. The summed E-state index contributed by atoms with van der Waals surface area (Å²) in [5.41, 5.74) is 0.649. The third kappa shape index (κ3) is 4.48. The average molecular weight is 383 g/mol. The van der Waals surface area contributed by atoms with E-state index >= 15 is 0 Å². The standard InChI is InChI=1S/C19H27FN4O.ClH/c20-15-6-7-18-17(14-15)19(22-25-18)24-12-10-23(11-13-24)9-8-21-16-4-2-1-3-5-16;/h6-7,14,16,21H,1-5,8-13H2;1H. The first-order valence-electron chi connectivity index (χ1n) is 9.55. The van der Waals surface area contributed by atoms with E-state index in [-0.39, 0.29) is 18.2 Å². The van der Waals surface area contributed by atoms with Crippen molar-refractivity contribution < 1.29 is 8.91 Å². The summed E-state index contributed by atoms with van der Waals surface area (Å²) >= 11 is 0. The van der Waals surface area contributed by atoms with Crippen molar-refractivity contribution in [3.8, 4) is 0 Å². The fraction of sp³-hybridized carbons (Fsp3) is 0.632. The van der Waals surface area contributed by atoms with Crippen LogP contribution in [0.4, 0.5) is 10.2 Å². The highest BCUT2D eigenvalue weighted by atomic mass is 35.5. The summed E-state index contributed by atoms with van der Waals surface area (Å²) in [4.78, 5) is 4.70. The van der Waals surface area contributed by atoms with Gasteiger partial charge in [-0.2, -0.15) is 0 Å². The number of nitrogens with one attached hydrogen (secondary N) is 1. The molecule has 144 valence electrons. The molecule has 1 aromatic heterocycles. The topological polar surface area (TPSA) is 44.5 Å². The van der Waals surface area contributed by atoms with E-state index in [9.17, 15) is 4.39 Å². The lowest BCUT2D eigenvalue weighted by Crippen LogP contribution is -2.49. The molecule has 4 rings (SSSR count). The average Bonchev–Trinajstić information content (AvgIpc) is 3.06. The van der Waals surface area contributed by atoms with Crippen LogP contribution in [-0.2, 0) is 0 Å². The van der Waals surface area contributed by atoms with E-state index < -0.39 is 0 Å². The summed E-state index contributed by atoms with van der Waals surface area (Å²) in [5.74, 6) is 0.527. The Balaban J connectivity index is 0.00000196.